The smallest absolute Gasteiger partial charge is 0.235 e. The molecule has 0 bridgehead atoms. The molecule has 1 aromatic carbocycles. The quantitative estimate of drug-likeness (QED) is 0.423. The molecule has 0 saturated carbocycles. The first-order valence-corrected chi connectivity index (χ1v) is 10.8. The molecule has 0 aliphatic carbocycles. The number of methoxy groups -OCH3 is 1. The summed E-state index contributed by atoms with van der Waals surface area (Å²) in [5.74, 6) is 2.00. The lowest BCUT2D eigenvalue weighted by Gasteiger charge is -2.17. The molecule has 0 saturated heterocycles. The molecular formula is C24H36N2O2. The molecular weight excluding hydrogens is 348 g/mol. The van der Waals surface area contributed by atoms with Crippen molar-refractivity contribution in [2.75, 3.05) is 13.7 Å². The van der Waals surface area contributed by atoms with Gasteiger partial charge in [-0.15, -0.1) is 0 Å². The second-order valence-electron chi connectivity index (χ2n) is 7.50. The zero-order valence-electron chi connectivity index (χ0n) is 18.5. The van der Waals surface area contributed by atoms with Gasteiger partial charge in [0.15, 0.2) is 0 Å². The molecule has 28 heavy (non-hydrogen) atoms. The molecule has 2 rings (SSSR count). The molecule has 0 aliphatic rings. The molecule has 1 aromatic heterocycles. The maximum Gasteiger partial charge on any atom is 0.235 e. The molecule has 0 atom stereocenters. The van der Waals surface area contributed by atoms with Gasteiger partial charge in [0, 0.05) is 5.56 Å². The molecule has 0 aliphatic heterocycles. The molecule has 0 radical (unpaired) electrons. The lowest BCUT2D eigenvalue weighted by Crippen LogP contribution is -2.08. The zero-order valence-corrected chi connectivity index (χ0v) is 18.5. The van der Waals surface area contributed by atoms with Gasteiger partial charge in [-0.25, -0.2) is 9.97 Å². The van der Waals surface area contributed by atoms with Crippen molar-refractivity contribution >= 4 is 0 Å². The molecule has 0 unspecified atom stereocenters. The van der Waals surface area contributed by atoms with Crippen molar-refractivity contribution in [1.82, 2.24) is 9.97 Å². The summed E-state index contributed by atoms with van der Waals surface area (Å²) in [5.41, 5.74) is 5.04. The number of ether oxygens (including phenoxy) is 2. The van der Waals surface area contributed by atoms with Crippen LogP contribution in [0.25, 0.3) is 11.3 Å². The van der Waals surface area contributed by atoms with E-state index in [9.17, 15) is 0 Å². The number of aryl methyl sites for hydroxylation is 2. The van der Waals surface area contributed by atoms with Crippen LogP contribution in [0.2, 0.25) is 0 Å². The van der Waals surface area contributed by atoms with Crippen LogP contribution >= 0.6 is 0 Å². The van der Waals surface area contributed by atoms with Crippen LogP contribution in [-0.4, -0.2) is 23.7 Å². The highest BCUT2D eigenvalue weighted by Crippen LogP contribution is 2.35. The van der Waals surface area contributed by atoms with Crippen molar-refractivity contribution in [3.05, 3.63) is 35.2 Å². The first-order valence-electron chi connectivity index (χ1n) is 10.8. The normalized spacial score (nSPS) is 11.1. The van der Waals surface area contributed by atoms with Gasteiger partial charge in [0.2, 0.25) is 5.88 Å². The third-order valence-corrected chi connectivity index (χ3v) is 5.06. The van der Waals surface area contributed by atoms with Gasteiger partial charge in [-0.3, -0.25) is 0 Å². The Labute approximate surface area is 170 Å². The molecule has 0 spiro atoms. The van der Waals surface area contributed by atoms with Gasteiger partial charge < -0.3 is 9.47 Å². The van der Waals surface area contributed by atoms with Crippen LogP contribution < -0.4 is 9.47 Å². The van der Waals surface area contributed by atoms with Crippen LogP contribution in [0.15, 0.2) is 18.2 Å². The standard InChI is InChI=1S/C24H36N2O2/c1-7-10-11-12-15-28-24-21(9-3)25-23(20(8-2)26-24)19-14-13-18(17(4)5)16-22(19)27-6/h13-14,16-17H,7-12,15H2,1-6H3. The fourth-order valence-electron chi connectivity index (χ4n) is 3.26. The first-order chi connectivity index (χ1) is 13.5. The second-order valence-corrected chi connectivity index (χ2v) is 7.50. The van der Waals surface area contributed by atoms with E-state index in [0.717, 1.165) is 47.7 Å². The first kappa shape index (κ1) is 22.2. The fraction of sp³-hybridized carbons (Fsp3) is 0.583. The Morgan fingerprint density at radius 3 is 2.29 bits per heavy atom. The number of hydrogen-bond donors (Lipinski definition) is 0. The lowest BCUT2D eigenvalue weighted by molar-refractivity contribution is 0.288. The number of benzene rings is 1. The zero-order chi connectivity index (χ0) is 20.5. The van der Waals surface area contributed by atoms with Crippen molar-refractivity contribution in [2.24, 2.45) is 0 Å². The van der Waals surface area contributed by atoms with Gasteiger partial charge in [0.05, 0.1) is 25.1 Å². The predicted octanol–water partition coefficient (Wildman–Crippen LogP) is 6.36. The second kappa shape index (κ2) is 11.0. The summed E-state index contributed by atoms with van der Waals surface area (Å²) in [5, 5.41) is 0. The van der Waals surface area contributed by atoms with Gasteiger partial charge in [0.1, 0.15) is 11.4 Å². The van der Waals surface area contributed by atoms with Crippen LogP contribution in [-0.2, 0) is 12.8 Å². The van der Waals surface area contributed by atoms with E-state index in [-0.39, 0.29) is 0 Å². The minimum absolute atomic E-state index is 0.453. The van der Waals surface area contributed by atoms with E-state index in [1.54, 1.807) is 7.11 Å². The topological polar surface area (TPSA) is 44.2 Å². The van der Waals surface area contributed by atoms with Crippen LogP contribution in [0.4, 0.5) is 0 Å². The van der Waals surface area contributed by atoms with E-state index in [0.29, 0.717) is 18.4 Å². The van der Waals surface area contributed by atoms with Gasteiger partial charge in [-0.05, 0) is 42.9 Å². The number of unbranched alkanes of at least 4 members (excludes halogenated alkanes) is 3. The van der Waals surface area contributed by atoms with Gasteiger partial charge >= 0.3 is 0 Å². The summed E-state index contributed by atoms with van der Waals surface area (Å²) >= 11 is 0. The van der Waals surface area contributed by atoms with Crippen LogP contribution in [0.5, 0.6) is 11.6 Å². The summed E-state index contributed by atoms with van der Waals surface area (Å²) in [7, 11) is 1.72. The Morgan fingerprint density at radius 1 is 0.929 bits per heavy atom. The number of nitrogens with zero attached hydrogens (tertiary/aromatic N) is 2. The van der Waals surface area contributed by atoms with Crippen molar-refractivity contribution in [3.63, 3.8) is 0 Å². The van der Waals surface area contributed by atoms with Gasteiger partial charge in [-0.2, -0.15) is 0 Å². The van der Waals surface area contributed by atoms with Crippen molar-refractivity contribution in [2.45, 2.75) is 79.1 Å². The highest BCUT2D eigenvalue weighted by Gasteiger charge is 2.18. The molecule has 2 aromatic rings. The Hall–Kier alpha value is -2.10. The number of aromatic nitrogens is 2. The highest BCUT2D eigenvalue weighted by molar-refractivity contribution is 5.70. The maximum absolute atomic E-state index is 6.01. The van der Waals surface area contributed by atoms with E-state index in [1.165, 1.54) is 24.8 Å². The third-order valence-electron chi connectivity index (χ3n) is 5.06. The summed E-state index contributed by atoms with van der Waals surface area (Å²) in [6, 6.07) is 6.39. The average Bonchev–Trinajstić information content (AvgIpc) is 2.72. The molecule has 0 fully saturated rings. The minimum atomic E-state index is 0.453. The summed E-state index contributed by atoms with van der Waals surface area (Å²) < 4.78 is 11.7. The van der Waals surface area contributed by atoms with Crippen LogP contribution in [0, 0.1) is 0 Å². The molecule has 4 nitrogen and oxygen atoms in total. The van der Waals surface area contributed by atoms with E-state index in [1.807, 2.05) is 0 Å². The summed E-state index contributed by atoms with van der Waals surface area (Å²) in [6.45, 7) is 11.5. The van der Waals surface area contributed by atoms with E-state index >= 15 is 0 Å². The molecule has 4 heteroatoms. The van der Waals surface area contributed by atoms with E-state index < -0.39 is 0 Å². The van der Waals surface area contributed by atoms with Crippen molar-refractivity contribution < 1.29 is 9.47 Å². The minimum Gasteiger partial charge on any atom is -0.496 e. The Bertz CT molecular complexity index is 757. The largest absolute Gasteiger partial charge is 0.496 e. The molecule has 0 N–H and O–H groups in total. The van der Waals surface area contributed by atoms with Gasteiger partial charge in [0.25, 0.3) is 0 Å². The number of hydrogen-bond acceptors (Lipinski definition) is 4. The van der Waals surface area contributed by atoms with Crippen molar-refractivity contribution in [1.29, 1.82) is 0 Å². The lowest BCUT2D eigenvalue weighted by atomic mass is 9.98. The Morgan fingerprint density at radius 2 is 1.68 bits per heavy atom. The van der Waals surface area contributed by atoms with Crippen LogP contribution in [0.1, 0.15) is 83.2 Å². The van der Waals surface area contributed by atoms with E-state index in [2.05, 4.69) is 52.8 Å². The SMILES string of the molecule is CCCCCCOc1nc(CC)c(-c2ccc(C(C)C)cc2OC)nc1CC. The van der Waals surface area contributed by atoms with E-state index in [4.69, 9.17) is 19.4 Å². The fourth-order valence-corrected chi connectivity index (χ4v) is 3.26. The number of rotatable bonds is 11. The Kier molecular flexibility index (Phi) is 8.75. The third kappa shape index (κ3) is 5.46. The molecule has 1 heterocycles. The van der Waals surface area contributed by atoms with Crippen molar-refractivity contribution in [3.8, 4) is 22.9 Å². The summed E-state index contributed by atoms with van der Waals surface area (Å²) in [6.07, 6.45) is 6.33. The van der Waals surface area contributed by atoms with Crippen LogP contribution in [0.3, 0.4) is 0 Å². The average molecular weight is 385 g/mol. The molecule has 154 valence electrons. The predicted molar refractivity (Wildman–Crippen MR) is 117 cm³/mol. The van der Waals surface area contributed by atoms with Gasteiger partial charge in [-0.1, -0.05) is 59.9 Å². The maximum atomic E-state index is 6.01. The monoisotopic (exact) mass is 384 g/mol. The molecule has 0 amide bonds. The highest BCUT2D eigenvalue weighted by atomic mass is 16.5. The summed E-state index contributed by atoms with van der Waals surface area (Å²) in [4.78, 5) is 9.81. The Balaban J connectivity index is 2.37.